The average Bonchev–Trinajstić information content (AvgIpc) is 2.84. The molecule has 2 rings (SSSR count). The lowest BCUT2D eigenvalue weighted by Gasteiger charge is -2.31. The third kappa shape index (κ3) is 3.30. The van der Waals surface area contributed by atoms with Crippen molar-refractivity contribution in [2.75, 3.05) is 13.2 Å². The van der Waals surface area contributed by atoms with Crippen molar-refractivity contribution in [3.8, 4) is 5.75 Å². The molecule has 0 spiro atoms. The summed E-state index contributed by atoms with van der Waals surface area (Å²) in [7, 11) is 0. The monoisotopic (exact) mass is 327 g/mol. The summed E-state index contributed by atoms with van der Waals surface area (Å²) in [5.74, 6) is 0.871. The van der Waals surface area contributed by atoms with Crippen LogP contribution in [-0.4, -0.2) is 18.8 Å². The number of halogens is 1. The fraction of sp³-hybridized carbons (Fsp3) is 0.600. The number of hydrogen-bond donors (Lipinski definition) is 1. The van der Waals surface area contributed by atoms with E-state index in [2.05, 4.69) is 29.8 Å². The maximum atomic E-state index is 6.37. The molecule has 0 aromatic heterocycles. The Hall–Kier alpha value is -0.580. The van der Waals surface area contributed by atoms with Gasteiger partial charge in [-0.15, -0.1) is 0 Å². The van der Waals surface area contributed by atoms with Gasteiger partial charge < -0.3 is 15.2 Å². The van der Waals surface area contributed by atoms with Crippen LogP contribution < -0.4 is 10.5 Å². The summed E-state index contributed by atoms with van der Waals surface area (Å²) in [6.07, 6.45) is 3.10. The van der Waals surface area contributed by atoms with E-state index in [4.69, 9.17) is 15.2 Å². The summed E-state index contributed by atoms with van der Waals surface area (Å²) in [6.45, 7) is 5.73. The molecule has 2 N–H and O–H groups in total. The van der Waals surface area contributed by atoms with Gasteiger partial charge in [-0.25, -0.2) is 0 Å². The zero-order valence-corrected chi connectivity index (χ0v) is 13.2. The Morgan fingerprint density at radius 3 is 2.89 bits per heavy atom. The molecule has 19 heavy (non-hydrogen) atoms. The maximum Gasteiger partial charge on any atom is 0.133 e. The van der Waals surface area contributed by atoms with Gasteiger partial charge in [0.1, 0.15) is 5.75 Å². The van der Waals surface area contributed by atoms with Gasteiger partial charge in [-0.1, -0.05) is 13.0 Å². The molecule has 1 fully saturated rings. The third-order valence-corrected chi connectivity index (χ3v) is 4.30. The quantitative estimate of drug-likeness (QED) is 0.894. The van der Waals surface area contributed by atoms with Gasteiger partial charge in [0.2, 0.25) is 0 Å². The summed E-state index contributed by atoms with van der Waals surface area (Å²) in [6, 6.07) is 5.95. The molecule has 0 saturated carbocycles. The molecule has 1 aliphatic heterocycles. The van der Waals surface area contributed by atoms with Gasteiger partial charge in [-0.05, 0) is 59.8 Å². The second-order valence-electron chi connectivity index (χ2n) is 5.28. The minimum Gasteiger partial charge on any atom is -0.492 e. The fourth-order valence-corrected chi connectivity index (χ4v) is 2.95. The van der Waals surface area contributed by atoms with Crippen LogP contribution in [0.4, 0.5) is 0 Å². The van der Waals surface area contributed by atoms with E-state index in [-0.39, 0.29) is 11.6 Å². The zero-order valence-electron chi connectivity index (χ0n) is 11.6. The fourth-order valence-electron chi connectivity index (χ4n) is 2.44. The van der Waals surface area contributed by atoms with Crippen molar-refractivity contribution in [1.82, 2.24) is 0 Å². The smallest absolute Gasteiger partial charge is 0.133 e. The molecule has 1 saturated heterocycles. The highest BCUT2D eigenvalue weighted by Crippen LogP contribution is 2.37. The van der Waals surface area contributed by atoms with E-state index in [0.29, 0.717) is 0 Å². The molecular formula is C15H22BrNO2. The Morgan fingerprint density at radius 1 is 1.53 bits per heavy atom. The van der Waals surface area contributed by atoms with Crippen molar-refractivity contribution in [2.24, 2.45) is 5.73 Å². The second-order valence-corrected chi connectivity index (χ2v) is 6.14. The van der Waals surface area contributed by atoms with Crippen molar-refractivity contribution in [3.63, 3.8) is 0 Å². The lowest BCUT2D eigenvalue weighted by molar-refractivity contribution is -0.00176. The molecule has 0 bridgehead atoms. The van der Waals surface area contributed by atoms with Crippen LogP contribution in [0.5, 0.6) is 5.75 Å². The lowest BCUT2D eigenvalue weighted by Crippen LogP contribution is -2.37. The van der Waals surface area contributed by atoms with E-state index in [1.165, 1.54) is 0 Å². The molecular weight excluding hydrogens is 306 g/mol. The van der Waals surface area contributed by atoms with Crippen LogP contribution in [0, 0.1) is 0 Å². The largest absolute Gasteiger partial charge is 0.492 e. The standard InChI is InChI=1S/C15H22BrNO2/c1-3-8-18-13-6-5-11(10-12(13)16)14(17)15(2)7-4-9-19-15/h5-6,10,14H,3-4,7-9,17H2,1-2H3. The topological polar surface area (TPSA) is 44.5 Å². The van der Waals surface area contributed by atoms with Gasteiger partial charge in [0.25, 0.3) is 0 Å². The summed E-state index contributed by atoms with van der Waals surface area (Å²) in [5, 5.41) is 0. The van der Waals surface area contributed by atoms with Gasteiger partial charge in [-0.2, -0.15) is 0 Å². The van der Waals surface area contributed by atoms with Crippen molar-refractivity contribution in [3.05, 3.63) is 28.2 Å². The first-order chi connectivity index (χ1) is 9.07. The van der Waals surface area contributed by atoms with Crippen molar-refractivity contribution in [1.29, 1.82) is 0 Å². The predicted molar refractivity (Wildman–Crippen MR) is 80.4 cm³/mol. The minimum atomic E-state index is -0.245. The van der Waals surface area contributed by atoms with Crippen LogP contribution in [0.25, 0.3) is 0 Å². The first kappa shape index (κ1) is 14.8. The first-order valence-corrected chi connectivity index (χ1v) is 7.68. The number of hydrogen-bond acceptors (Lipinski definition) is 3. The van der Waals surface area contributed by atoms with E-state index in [0.717, 1.165) is 48.3 Å². The van der Waals surface area contributed by atoms with Gasteiger partial charge >= 0.3 is 0 Å². The van der Waals surface area contributed by atoms with Gasteiger partial charge in [0, 0.05) is 6.61 Å². The molecule has 1 aromatic rings. The van der Waals surface area contributed by atoms with Crippen LogP contribution in [0.2, 0.25) is 0 Å². The molecule has 0 radical (unpaired) electrons. The van der Waals surface area contributed by atoms with Gasteiger partial charge in [-0.3, -0.25) is 0 Å². The van der Waals surface area contributed by atoms with Gasteiger partial charge in [0.05, 0.1) is 22.7 Å². The zero-order chi connectivity index (χ0) is 13.9. The third-order valence-electron chi connectivity index (χ3n) is 3.68. The number of benzene rings is 1. The molecule has 0 amide bonds. The Bertz CT molecular complexity index is 430. The Kier molecular flexibility index (Phi) is 4.87. The highest BCUT2D eigenvalue weighted by Gasteiger charge is 2.37. The Balaban J connectivity index is 2.14. The van der Waals surface area contributed by atoms with Crippen molar-refractivity contribution >= 4 is 15.9 Å². The van der Waals surface area contributed by atoms with Crippen LogP contribution >= 0.6 is 15.9 Å². The second kappa shape index (κ2) is 6.25. The lowest BCUT2D eigenvalue weighted by atomic mass is 9.88. The molecule has 2 atom stereocenters. The van der Waals surface area contributed by atoms with E-state index in [1.54, 1.807) is 0 Å². The van der Waals surface area contributed by atoms with Crippen molar-refractivity contribution < 1.29 is 9.47 Å². The molecule has 1 aromatic carbocycles. The van der Waals surface area contributed by atoms with Crippen LogP contribution in [0.3, 0.4) is 0 Å². The number of nitrogens with two attached hydrogens (primary N) is 1. The van der Waals surface area contributed by atoms with Crippen LogP contribution in [0.1, 0.15) is 44.7 Å². The SMILES string of the molecule is CCCOc1ccc(C(N)C2(C)CCCO2)cc1Br. The molecule has 106 valence electrons. The van der Waals surface area contributed by atoms with E-state index < -0.39 is 0 Å². The summed E-state index contributed by atoms with van der Waals surface area (Å²) >= 11 is 3.55. The normalized spacial score (nSPS) is 24.4. The highest BCUT2D eigenvalue weighted by atomic mass is 79.9. The van der Waals surface area contributed by atoms with Crippen LogP contribution in [0.15, 0.2) is 22.7 Å². The van der Waals surface area contributed by atoms with E-state index in [9.17, 15) is 0 Å². The molecule has 1 heterocycles. The molecule has 2 unspecified atom stereocenters. The molecule has 4 heteroatoms. The van der Waals surface area contributed by atoms with E-state index >= 15 is 0 Å². The molecule has 0 aliphatic carbocycles. The average molecular weight is 328 g/mol. The highest BCUT2D eigenvalue weighted by molar-refractivity contribution is 9.10. The molecule has 1 aliphatic rings. The predicted octanol–water partition coefficient (Wildman–Crippen LogP) is 3.81. The summed E-state index contributed by atoms with van der Waals surface area (Å²) < 4.78 is 12.4. The number of ether oxygens (including phenoxy) is 2. The van der Waals surface area contributed by atoms with Crippen LogP contribution in [-0.2, 0) is 4.74 Å². The van der Waals surface area contributed by atoms with E-state index in [1.807, 2.05) is 18.2 Å². The minimum absolute atomic E-state index is 0.105. The van der Waals surface area contributed by atoms with Crippen molar-refractivity contribution in [2.45, 2.75) is 44.8 Å². The Labute approximate surface area is 123 Å². The maximum absolute atomic E-state index is 6.37. The summed E-state index contributed by atoms with van der Waals surface area (Å²) in [5.41, 5.74) is 7.21. The summed E-state index contributed by atoms with van der Waals surface area (Å²) in [4.78, 5) is 0. The first-order valence-electron chi connectivity index (χ1n) is 6.88. The van der Waals surface area contributed by atoms with Gasteiger partial charge in [0.15, 0.2) is 0 Å². The molecule has 3 nitrogen and oxygen atoms in total. The number of rotatable bonds is 5. The Morgan fingerprint density at radius 2 is 2.32 bits per heavy atom.